The molecule has 0 aliphatic rings. The van der Waals surface area contributed by atoms with Crippen molar-refractivity contribution in [3.8, 4) is 11.4 Å². The Hall–Kier alpha value is -3.35. The fourth-order valence-electron chi connectivity index (χ4n) is 2.70. The first-order chi connectivity index (χ1) is 12.0. The van der Waals surface area contributed by atoms with E-state index in [-0.39, 0.29) is 5.82 Å². The molecule has 0 atom stereocenters. The highest BCUT2D eigenvalue weighted by Gasteiger charge is 2.16. The van der Waals surface area contributed by atoms with Gasteiger partial charge in [0.2, 0.25) is 0 Å². The van der Waals surface area contributed by atoms with Gasteiger partial charge in [-0.3, -0.25) is 4.79 Å². The minimum atomic E-state index is -0.397. The molecule has 7 heteroatoms. The van der Waals surface area contributed by atoms with Gasteiger partial charge >= 0.3 is 0 Å². The van der Waals surface area contributed by atoms with Crippen molar-refractivity contribution in [2.75, 3.05) is 0 Å². The van der Waals surface area contributed by atoms with E-state index in [9.17, 15) is 13.6 Å². The summed E-state index contributed by atoms with van der Waals surface area (Å²) >= 11 is 0. The number of nitrogens with zero attached hydrogens (tertiary/aromatic N) is 4. The van der Waals surface area contributed by atoms with Crippen LogP contribution in [0.15, 0.2) is 59.5 Å². The van der Waals surface area contributed by atoms with Gasteiger partial charge in [0.05, 0.1) is 23.3 Å². The van der Waals surface area contributed by atoms with E-state index in [1.165, 1.54) is 45.8 Å². The summed E-state index contributed by atoms with van der Waals surface area (Å²) in [5.41, 5.74) is 1.54. The summed E-state index contributed by atoms with van der Waals surface area (Å²) in [6, 6.07) is 11.2. The van der Waals surface area contributed by atoms with Gasteiger partial charge in [-0.05, 0) is 55.5 Å². The van der Waals surface area contributed by atoms with Crippen molar-refractivity contribution in [3.05, 3.63) is 82.4 Å². The first-order valence-corrected chi connectivity index (χ1v) is 7.54. The lowest BCUT2D eigenvalue weighted by atomic mass is 10.2. The number of aryl methyl sites for hydroxylation is 1. The molecule has 2 heterocycles. The zero-order chi connectivity index (χ0) is 17.6. The topological polar surface area (TPSA) is 52.7 Å². The molecule has 0 aliphatic heterocycles. The van der Waals surface area contributed by atoms with Gasteiger partial charge in [-0.15, -0.1) is 0 Å². The Morgan fingerprint density at radius 3 is 1.92 bits per heavy atom. The second-order valence-electron chi connectivity index (χ2n) is 5.57. The molecule has 2 aromatic carbocycles. The molecule has 0 saturated heterocycles. The Labute approximate surface area is 140 Å². The van der Waals surface area contributed by atoms with Crippen molar-refractivity contribution < 1.29 is 8.78 Å². The molecular weight excluding hydrogens is 326 g/mol. The molecule has 0 N–H and O–H groups in total. The van der Waals surface area contributed by atoms with Crippen molar-refractivity contribution in [1.29, 1.82) is 0 Å². The molecule has 0 aliphatic carbocycles. The summed E-state index contributed by atoms with van der Waals surface area (Å²) in [6.07, 6.45) is 1.55. The predicted molar refractivity (Wildman–Crippen MR) is 89.1 cm³/mol. The number of halogens is 2. The van der Waals surface area contributed by atoms with Crippen LogP contribution < -0.4 is 5.56 Å². The van der Waals surface area contributed by atoms with Crippen LogP contribution in [-0.2, 0) is 0 Å². The highest BCUT2D eigenvalue weighted by Crippen LogP contribution is 2.18. The predicted octanol–water partition coefficient (Wildman–Crippen LogP) is 3.16. The van der Waals surface area contributed by atoms with E-state index < -0.39 is 11.4 Å². The monoisotopic (exact) mass is 338 g/mol. The van der Waals surface area contributed by atoms with Crippen LogP contribution in [0.25, 0.3) is 22.3 Å². The smallest absolute Gasteiger partial charge is 0.265 e. The molecule has 0 saturated carbocycles. The molecule has 0 bridgehead atoms. The molecule has 25 heavy (non-hydrogen) atoms. The Bertz CT molecular complexity index is 1130. The molecule has 0 unspecified atom stereocenters. The minimum Gasteiger partial charge on any atom is -0.265 e. The van der Waals surface area contributed by atoms with E-state index in [1.807, 2.05) is 0 Å². The van der Waals surface area contributed by atoms with E-state index in [4.69, 9.17) is 0 Å². The molecule has 2 aromatic heterocycles. The molecule has 124 valence electrons. The Morgan fingerprint density at radius 1 is 0.840 bits per heavy atom. The van der Waals surface area contributed by atoms with Crippen LogP contribution in [0.4, 0.5) is 8.78 Å². The summed E-state index contributed by atoms with van der Waals surface area (Å²) < 4.78 is 29.0. The number of hydrogen-bond donors (Lipinski definition) is 0. The molecule has 0 spiro atoms. The second-order valence-corrected chi connectivity index (χ2v) is 5.57. The third-order valence-electron chi connectivity index (χ3n) is 3.95. The maximum atomic E-state index is 13.2. The van der Waals surface area contributed by atoms with Gasteiger partial charge in [-0.2, -0.15) is 14.9 Å². The maximum Gasteiger partial charge on any atom is 0.298 e. The SMILES string of the molecule is Cc1nn(-c2ccc(F)cc2)c(=O)c2c1cnn2-c1ccc(F)cc1. The van der Waals surface area contributed by atoms with Gasteiger partial charge < -0.3 is 0 Å². The van der Waals surface area contributed by atoms with Crippen molar-refractivity contribution in [2.45, 2.75) is 6.92 Å². The normalized spacial score (nSPS) is 11.2. The summed E-state index contributed by atoms with van der Waals surface area (Å²) in [5, 5.41) is 9.14. The van der Waals surface area contributed by atoms with Gasteiger partial charge in [0.25, 0.3) is 5.56 Å². The number of rotatable bonds is 2. The van der Waals surface area contributed by atoms with Gasteiger partial charge in [-0.1, -0.05) is 0 Å². The van der Waals surface area contributed by atoms with Crippen LogP contribution in [0.5, 0.6) is 0 Å². The number of benzene rings is 2. The van der Waals surface area contributed by atoms with Gasteiger partial charge in [-0.25, -0.2) is 13.5 Å². The quantitative estimate of drug-likeness (QED) is 0.564. The van der Waals surface area contributed by atoms with Crippen molar-refractivity contribution in [1.82, 2.24) is 19.6 Å². The lowest BCUT2D eigenvalue weighted by Crippen LogP contribution is -2.24. The Kier molecular flexibility index (Phi) is 3.42. The summed E-state index contributed by atoms with van der Waals surface area (Å²) in [7, 11) is 0. The van der Waals surface area contributed by atoms with Crippen molar-refractivity contribution in [2.24, 2.45) is 0 Å². The fraction of sp³-hybridized carbons (Fsp3) is 0.0556. The van der Waals surface area contributed by atoms with Crippen LogP contribution in [0, 0.1) is 18.6 Å². The number of fused-ring (bicyclic) bond motifs is 1. The lowest BCUT2D eigenvalue weighted by Gasteiger charge is -2.08. The van der Waals surface area contributed by atoms with Crippen LogP contribution in [0.1, 0.15) is 5.69 Å². The molecule has 0 fully saturated rings. The van der Waals surface area contributed by atoms with E-state index in [0.717, 1.165) is 0 Å². The van der Waals surface area contributed by atoms with Gasteiger partial charge in [0.15, 0.2) is 0 Å². The minimum absolute atomic E-state index is 0.323. The van der Waals surface area contributed by atoms with Gasteiger partial charge in [0, 0.05) is 5.39 Å². The fourth-order valence-corrected chi connectivity index (χ4v) is 2.70. The zero-order valence-electron chi connectivity index (χ0n) is 13.1. The van der Waals surface area contributed by atoms with Crippen LogP contribution in [0.3, 0.4) is 0 Å². The highest BCUT2D eigenvalue weighted by atomic mass is 19.1. The largest absolute Gasteiger partial charge is 0.298 e. The summed E-state index contributed by atoms with van der Waals surface area (Å²) in [6.45, 7) is 1.76. The molecular formula is C18H12F2N4O. The zero-order valence-corrected chi connectivity index (χ0v) is 13.1. The lowest BCUT2D eigenvalue weighted by molar-refractivity contribution is 0.626. The second kappa shape index (κ2) is 5.62. The standard InChI is InChI=1S/C18H12F2N4O/c1-11-16-10-21-23(14-6-2-12(19)3-7-14)17(16)18(25)24(22-11)15-8-4-13(20)5-9-15/h2-10H,1H3. The average molecular weight is 338 g/mol. The third kappa shape index (κ3) is 2.50. The highest BCUT2D eigenvalue weighted by molar-refractivity contribution is 5.81. The molecule has 4 aromatic rings. The van der Waals surface area contributed by atoms with E-state index in [1.54, 1.807) is 25.3 Å². The molecule has 0 radical (unpaired) electrons. The first-order valence-electron chi connectivity index (χ1n) is 7.54. The number of aromatic nitrogens is 4. The summed E-state index contributed by atoms with van der Waals surface area (Å²) in [4.78, 5) is 13.0. The van der Waals surface area contributed by atoms with Crippen LogP contribution >= 0.6 is 0 Å². The Balaban J connectivity index is 2.00. The van der Waals surface area contributed by atoms with Crippen molar-refractivity contribution in [3.63, 3.8) is 0 Å². The third-order valence-corrected chi connectivity index (χ3v) is 3.95. The van der Waals surface area contributed by atoms with E-state index in [0.29, 0.717) is 28.0 Å². The van der Waals surface area contributed by atoms with Crippen LogP contribution in [0.2, 0.25) is 0 Å². The summed E-state index contributed by atoms with van der Waals surface area (Å²) in [5.74, 6) is -0.771. The van der Waals surface area contributed by atoms with Crippen molar-refractivity contribution >= 4 is 10.9 Å². The Morgan fingerprint density at radius 2 is 1.36 bits per heavy atom. The van der Waals surface area contributed by atoms with Gasteiger partial charge in [0.1, 0.15) is 17.2 Å². The van der Waals surface area contributed by atoms with E-state index in [2.05, 4.69) is 10.2 Å². The molecule has 4 rings (SSSR count). The van der Waals surface area contributed by atoms with E-state index >= 15 is 0 Å². The molecule has 5 nitrogen and oxygen atoms in total. The number of hydrogen-bond acceptors (Lipinski definition) is 3. The first kappa shape index (κ1) is 15.2. The molecule has 0 amide bonds. The van der Waals surface area contributed by atoms with Crippen LogP contribution in [-0.4, -0.2) is 19.6 Å². The average Bonchev–Trinajstić information content (AvgIpc) is 3.06. The maximum absolute atomic E-state index is 13.2.